The van der Waals surface area contributed by atoms with E-state index < -0.39 is 0 Å². The Bertz CT molecular complexity index is 644. The van der Waals surface area contributed by atoms with E-state index in [-0.39, 0.29) is 6.61 Å². The van der Waals surface area contributed by atoms with Crippen LogP contribution in [0, 0.1) is 0 Å². The summed E-state index contributed by atoms with van der Waals surface area (Å²) in [5.41, 5.74) is 4.00. The van der Waals surface area contributed by atoms with Crippen LogP contribution in [0.25, 0.3) is 22.3 Å². The molecule has 0 atom stereocenters. The Hall–Kier alpha value is -1.72. The molecule has 2 aromatic heterocycles. The second-order valence-corrected chi connectivity index (χ2v) is 4.68. The maximum Gasteiger partial charge on any atom is 0.0955 e. The van der Waals surface area contributed by atoms with E-state index in [1.165, 1.54) is 0 Å². The highest BCUT2D eigenvalue weighted by molar-refractivity contribution is 7.09. The molecule has 0 saturated carbocycles. The van der Waals surface area contributed by atoms with Gasteiger partial charge in [0.2, 0.25) is 0 Å². The molecule has 0 spiro atoms. The molecule has 0 radical (unpaired) electrons. The number of imidazole rings is 1. The molecular weight excluding hydrogens is 234 g/mol. The van der Waals surface area contributed by atoms with E-state index in [4.69, 9.17) is 5.11 Å². The minimum Gasteiger partial charge on any atom is -0.396 e. The fourth-order valence-corrected chi connectivity index (χ4v) is 2.55. The minimum atomic E-state index is 0.145. The second kappa shape index (κ2) is 4.27. The molecule has 0 aliphatic carbocycles. The predicted molar refractivity (Wildman–Crippen MR) is 68.0 cm³/mol. The lowest BCUT2D eigenvalue weighted by Crippen LogP contribution is -1.89. The van der Waals surface area contributed by atoms with Crippen LogP contribution in [0.2, 0.25) is 0 Å². The third kappa shape index (κ3) is 1.94. The molecule has 3 rings (SSSR count). The molecule has 2 heterocycles. The van der Waals surface area contributed by atoms with Crippen molar-refractivity contribution in [1.29, 1.82) is 0 Å². The maximum absolute atomic E-state index is 8.87. The first-order chi connectivity index (χ1) is 8.36. The summed E-state index contributed by atoms with van der Waals surface area (Å²) >= 11 is 1.58. The van der Waals surface area contributed by atoms with Gasteiger partial charge in [-0.15, -0.1) is 11.3 Å². The van der Waals surface area contributed by atoms with Gasteiger partial charge in [-0.3, -0.25) is 0 Å². The van der Waals surface area contributed by atoms with Gasteiger partial charge in [0, 0.05) is 24.0 Å². The summed E-state index contributed by atoms with van der Waals surface area (Å²) in [5.74, 6) is 0. The van der Waals surface area contributed by atoms with E-state index in [0.29, 0.717) is 6.42 Å². The van der Waals surface area contributed by atoms with Crippen LogP contribution in [0.15, 0.2) is 29.9 Å². The van der Waals surface area contributed by atoms with Crippen molar-refractivity contribution in [3.05, 3.63) is 34.9 Å². The van der Waals surface area contributed by atoms with Gasteiger partial charge in [-0.05, 0) is 12.1 Å². The highest BCUT2D eigenvalue weighted by Crippen LogP contribution is 2.24. The predicted octanol–water partition coefficient (Wildman–Crippen LogP) is 2.22. The monoisotopic (exact) mass is 245 g/mol. The van der Waals surface area contributed by atoms with Gasteiger partial charge in [-0.2, -0.15) is 0 Å². The van der Waals surface area contributed by atoms with E-state index in [9.17, 15) is 0 Å². The van der Waals surface area contributed by atoms with Crippen LogP contribution in [-0.4, -0.2) is 26.7 Å². The first-order valence-electron chi connectivity index (χ1n) is 5.35. The lowest BCUT2D eigenvalue weighted by molar-refractivity contribution is 0.299. The largest absolute Gasteiger partial charge is 0.396 e. The fourth-order valence-electron chi connectivity index (χ4n) is 1.75. The Labute approximate surface area is 102 Å². The number of aromatic nitrogens is 3. The van der Waals surface area contributed by atoms with Gasteiger partial charge in [-0.1, -0.05) is 6.07 Å². The van der Waals surface area contributed by atoms with E-state index in [1.807, 2.05) is 23.6 Å². The highest BCUT2D eigenvalue weighted by Gasteiger charge is 2.05. The van der Waals surface area contributed by atoms with Crippen molar-refractivity contribution in [1.82, 2.24) is 15.0 Å². The molecule has 2 N–H and O–H groups in total. The molecule has 0 amide bonds. The molecule has 0 unspecified atom stereocenters. The molecule has 0 aliphatic heterocycles. The molecule has 3 aromatic rings. The molecular formula is C12H11N3OS. The number of rotatable bonds is 3. The Morgan fingerprint density at radius 2 is 2.29 bits per heavy atom. The van der Waals surface area contributed by atoms with E-state index in [2.05, 4.69) is 15.0 Å². The molecule has 17 heavy (non-hydrogen) atoms. The quantitative estimate of drug-likeness (QED) is 0.743. The van der Waals surface area contributed by atoms with Gasteiger partial charge in [0.25, 0.3) is 0 Å². The van der Waals surface area contributed by atoms with E-state index >= 15 is 0 Å². The number of aromatic amines is 1. The van der Waals surface area contributed by atoms with Crippen LogP contribution in [0.5, 0.6) is 0 Å². The van der Waals surface area contributed by atoms with Crippen molar-refractivity contribution in [2.75, 3.05) is 6.61 Å². The minimum absolute atomic E-state index is 0.145. The summed E-state index contributed by atoms with van der Waals surface area (Å²) in [6, 6.07) is 6.04. The SMILES string of the molecule is OCCc1nc(-c2ccc3nc[nH]c3c2)cs1. The lowest BCUT2D eigenvalue weighted by atomic mass is 10.1. The Morgan fingerprint density at radius 3 is 3.18 bits per heavy atom. The van der Waals surface area contributed by atoms with Crippen molar-refractivity contribution in [2.45, 2.75) is 6.42 Å². The van der Waals surface area contributed by atoms with Gasteiger partial charge in [0.15, 0.2) is 0 Å². The normalized spacial score (nSPS) is 11.1. The smallest absolute Gasteiger partial charge is 0.0955 e. The van der Waals surface area contributed by atoms with Crippen LogP contribution >= 0.6 is 11.3 Å². The lowest BCUT2D eigenvalue weighted by Gasteiger charge is -1.96. The van der Waals surface area contributed by atoms with Crippen LogP contribution in [0.3, 0.4) is 0 Å². The van der Waals surface area contributed by atoms with Gasteiger partial charge in [0.1, 0.15) is 0 Å². The number of aliphatic hydroxyl groups is 1. The Morgan fingerprint density at radius 1 is 1.35 bits per heavy atom. The standard InChI is InChI=1S/C12H11N3OS/c16-4-3-12-15-11(6-17-12)8-1-2-9-10(5-8)14-7-13-9/h1-2,5-7,16H,3-4H2,(H,13,14). The molecule has 0 aliphatic rings. The highest BCUT2D eigenvalue weighted by atomic mass is 32.1. The van der Waals surface area contributed by atoms with Crippen LogP contribution in [0.1, 0.15) is 5.01 Å². The number of H-pyrrole nitrogens is 1. The van der Waals surface area contributed by atoms with Crippen molar-refractivity contribution >= 4 is 22.4 Å². The Balaban J connectivity index is 2.00. The molecule has 1 aromatic carbocycles. The zero-order chi connectivity index (χ0) is 11.7. The van der Waals surface area contributed by atoms with Crippen molar-refractivity contribution in [3.63, 3.8) is 0 Å². The Kier molecular flexibility index (Phi) is 2.62. The number of thiazole rings is 1. The van der Waals surface area contributed by atoms with Crippen molar-refractivity contribution in [2.24, 2.45) is 0 Å². The summed E-state index contributed by atoms with van der Waals surface area (Å²) in [6.07, 6.45) is 2.31. The third-order valence-electron chi connectivity index (χ3n) is 2.59. The summed E-state index contributed by atoms with van der Waals surface area (Å²) in [4.78, 5) is 11.8. The van der Waals surface area contributed by atoms with Gasteiger partial charge >= 0.3 is 0 Å². The van der Waals surface area contributed by atoms with Gasteiger partial charge < -0.3 is 10.1 Å². The average molecular weight is 245 g/mol. The van der Waals surface area contributed by atoms with Crippen molar-refractivity contribution < 1.29 is 5.11 Å². The first-order valence-corrected chi connectivity index (χ1v) is 6.23. The van der Waals surface area contributed by atoms with E-state index in [0.717, 1.165) is 27.3 Å². The molecule has 0 bridgehead atoms. The van der Waals surface area contributed by atoms with E-state index in [1.54, 1.807) is 17.7 Å². The summed E-state index contributed by atoms with van der Waals surface area (Å²) in [5, 5.41) is 11.8. The maximum atomic E-state index is 8.87. The van der Waals surface area contributed by atoms with Crippen LogP contribution in [0.4, 0.5) is 0 Å². The number of aliphatic hydroxyl groups excluding tert-OH is 1. The number of nitrogens with one attached hydrogen (secondary N) is 1. The van der Waals surface area contributed by atoms with Crippen LogP contribution in [-0.2, 0) is 6.42 Å². The van der Waals surface area contributed by atoms with Gasteiger partial charge in [0.05, 0.1) is 28.1 Å². The molecule has 4 nitrogen and oxygen atoms in total. The average Bonchev–Trinajstić information content (AvgIpc) is 2.96. The number of benzene rings is 1. The first kappa shape index (κ1) is 10.4. The summed E-state index contributed by atoms with van der Waals surface area (Å²) in [6.45, 7) is 0.145. The number of hydrogen-bond acceptors (Lipinski definition) is 4. The van der Waals surface area contributed by atoms with Crippen molar-refractivity contribution in [3.8, 4) is 11.3 Å². The zero-order valence-corrected chi connectivity index (χ0v) is 9.87. The fraction of sp³-hybridized carbons (Fsp3) is 0.167. The topological polar surface area (TPSA) is 61.8 Å². The summed E-state index contributed by atoms with van der Waals surface area (Å²) in [7, 11) is 0. The number of hydrogen-bond donors (Lipinski definition) is 2. The zero-order valence-electron chi connectivity index (χ0n) is 9.05. The second-order valence-electron chi connectivity index (χ2n) is 3.73. The van der Waals surface area contributed by atoms with Gasteiger partial charge in [-0.25, -0.2) is 9.97 Å². The molecule has 0 fully saturated rings. The molecule has 86 valence electrons. The molecule has 5 heteroatoms. The third-order valence-corrected chi connectivity index (χ3v) is 3.50. The molecule has 0 saturated heterocycles. The number of fused-ring (bicyclic) bond motifs is 1. The number of nitrogens with zero attached hydrogens (tertiary/aromatic N) is 2. The van der Waals surface area contributed by atoms with Crippen LogP contribution < -0.4 is 0 Å². The summed E-state index contributed by atoms with van der Waals surface area (Å²) < 4.78 is 0.